The van der Waals surface area contributed by atoms with Crippen LogP contribution in [0.3, 0.4) is 0 Å². The lowest BCUT2D eigenvalue weighted by atomic mass is 10.1. The third-order valence-corrected chi connectivity index (χ3v) is 4.55. The van der Waals surface area contributed by atoms with Gasteiger partial charge in [0.2, 0.25) is 5.95 Å². The van der Waals surface area contributed by atoms with E-state index in [4.69, 9.17) is 22.1 Å². The van der Waals surface area contributed by atoms with Gasteiger partial charge >= 0.3 is 0 Å². The average Bonchev–Trinajstić information content (AvgIpc) is 2.79. The van der Waals surface area contributed by atoms with E-state index in [0.29, 0.717) is 41.5 Å². The van der Waals surface area contributed by atoms with Gasteiger partial charge in [0.05, 0.1) is 23.4 Å². The fourth-order valence-electron chi connectivity index (χ4n) is 2.75. The number of aliphatic imine (C=N–C) groups is 1. The standard InChI is InChI=1S/C21H21ClN6O3/c1-31-17-8-6-14(7-9-17)18-13-19(15-4-2-5-16(12-15)28(29)30)26-21(25-18)27-20(23)24-11-3-10-22/h2,4-9,12-13H,3,10-11H2,1H3,(H3,23,24,25,26,27). The molecule has 160 valence electrons. The fourth-order valence-corrected chi connectivity index (χ4v) is 2.87. The molecule has 0 saturated carbocycles. The Hall–Kier alpha value is -3.72. The molecule has 0 bridgehead atoms. The molecule has 0 atom stereocenters. The molecule has 10 heteroatoms. The maximum Gasteiger partial charge on any atom is 0.270 e. The van der Waals surface area contributed by atoms with E-state index in [9.17, 15) is 10.1 Å². The molecular weight excluding hydrogens is 420 g/mol. The van der Waals surface area contributed by atoms with Crippen LogP contribution < -0.4 is 15.8 Å². The lowest BCUT2D eigenvalue weighted by molar-refractivity contribution is -0.384. The zero-order chi connectivity index (χ0) is 22.2. The van der Waals surface area contributed by atoms with E-state index in [1.165, 1.54) is 12.1 Å². The number of benzene rings is 2. The van der Waals surface area contributed by atoms with E-state index in [-0.39, 0.29) is 17.6 Å². The maximum atomic E-state index is 11.2. The first-order valence-corrected chi connectivity index (χ1v) is 9.95. The summed E-state index contributed by atoms with van der Waals surface area (Å²) in [4.78, 5) is 23.9. The molecule has 0 aliphatic carbocycles. The highest BCUT2D eigenvalue weighted by molar-refractivity contribution is 6.17. The van der Waals surface area contributed by atoms with E-state index >= 15 is 0 Å². The maximum absolute atomic E-state index is 11.2. The van der Waals surface area contributed by atoms with Crippen LogP contribution in [0.1, 0.15) is 6.42 Å². The monoisotopic (exact) mass is 440 g/mol. The Balaban J connectivity index is 2.03. The lowest BCUT2D eigenvalue weighted by Crippen LogP contribution is -2.24. The number of hydrogen-bond donors (Lipinski definition) is 2. The summed E-state index contributed by atoms with van der Waals surface area (Å²) in [7, 11) is 1.59. The summed E-state index contributed by atoms with van der Waals surface area (Å²) in [5.74, 6) is 1.58. The second kappa shape index (κ2) is 10.4. The van der Waals surface area contributed by atoms with E-state index in [1.54, 1.807) is 25.3 Å². The normalized spacial score (nSPS) is 11.2. The minimum atomic E-state index is -0.449. The molecule has 1 heterocycles. The van der Waals surface area contributed by atoms with E-state index in [1.807, 2.05) is 24.3 Å². The molecule has 3 N–H and O–H groups in total. The molecule has 1 aromatic heterocycles. The average molecular weight is 441 g/mol. The molecule has 0 fully saturated rings. The number of nitro benzene ring substituents is 1. The van der Waals surface area contributed by atoms with Crippen LogP contribution in [0.2, 0.25) is 0 Å². The molecule has 3 aromatic rings. The number of ether oxygens (including phenoxy) is 1. The number of non-ortho nitro benzene ring substituents is 1. The van der Waals surface area contributed by atoms with Crippen LogP contribution in [0.5, 0.6) is 5.75 Å². The van der Waals surface area contributed by atoms with Gasteiger partial charge in [0.25, 0.3) is 5.69 Å². The quantitative estimate of drug-likeness (QED) is 0.135. The largest absolute Gasteiger partial charge is 0.497 e. The molecule has 0 aliphatic rings. The number of nitrogens with one attached hydrogen (secondary N) is 1. The molecule has 0 aliphatic heterocycles. The van der Waals surface area contributed by atoms with Gasteiger partial charge in [-0.05, 0) is 36.8 Å². The number of aromatic nitrogens is 2. The fraction of sp³-hybridized carbons (Fsp3) is 0.190. The molecule has 0 saturated heterocycles. The molecule has 0 amide bonds. The van der Waals surface area contributed by atoms with E-state index in [2.05, 4.69) is 20.3 Å². The number of nitro groups is 1. The summed E-state index contributed by atoms with van der Waals surface area (Å²) in [6, 6.07) is 15.4. The van der Waals surface area contributed by atoms with Crippen molar-refractivity contribution in [2.24, 2.45) is 10.7 Å². The molecule has 9 nitrogen and oxygen atoms in total. The number of anilines is 1. The number of guanidine groups is 1. The van der Waals surface area contributed by atoms with Crippen molar-refractivity contribution >= 4 is 29.2 Å². The predicted molar refractivity (Wildman–Crippen MR) is 122 cm³/mol. The van der Waals surface area contributed by atoms with Gasteiger partial charge in [-0.25, -0.2) is 9.97 Å². The summed E-state index contributed by atoms with van der Waals surface area (Å²) < 4.78 is 5.21. The Labute approximate surface area is 184 Å². The Morgan fingerprint density at radius 2 is 1.87 bits per heavy atom. The summed E-state index contributed by atoms with van der Waals surface area (Å²) in [6.45, 7) is 0.470. The summed E-state index contributed by atoms with van der Waals surface area (Å²) in [6.07, 6.45) is 0.690. The summed E-state index contributed by atoms with van der Waals surface area (Å²) >= 11 is 5.67. The number of methoxy groups -OCH3 is 1. The van der Waals surface area contributed by atoms with Gasteiger partial charge in [-0.15, -0.1) is 11.6 Å². The number of halogens is 1. The van der Waals surface area contributed by atoms with Gasteiger partial charge in [0, 0.05) is 35.7 Å². The highest BCUT2D eigenvalue weighted by Crippen LogP contribution is 2.28. The first kappa shape index (κ1) is 22.0. The van der Waals surface area contributed by atoms with Crippen LogP contribution in [0.15, 0.2) is 59.6 Å². The second-order valence-electron chi connectivity index (χ2n) is 6.43. The first-order chi connectivity index (χ1) is 15.0. The van der Waals surface area contributed by atoms with Crippen LogP contribution >= 0.6 is 11.6 Å². The van der Waals surface area contributed by atoms with Gasteiger partial charge in [-0.1, -0.05) is 12.1 Å². The third-order valence-electron chi connectivity index (χ3n) is 4.28. The molecule has 3 rings (SSSR count). The topological polar surface area (TPSA) is 129 Å². The number of rotatable bonds is 8. The predicted octanol–water partition coefficient (Wildman–Crippen LogP) is 4.08. The molecular formula is C21H21ClN6O3. The number of nitrogens with two attached hydrogens (primary N) is 1. The first-order valence-electron chi connectivity index (χ1n) is 9.41. The van der Waals surface area contributed by atoms with Gasteiger partial charge < -0.3 is 10.5 Å². The highest BCUT2D eigenvalue weighted by atomic mass is 35.5. The van der Waals surface area contributed by atoms with Crippen molar-refractivity contribution in [1.82, 2.24) is 9.97 Å². The third kappa shape index (κ3) is 5.89. The number of nitrogens with zero attached hydrogens (tertiary/aromatic N) is 4. The van der Waals surface area contributed by atoms with Crippen molar-refractivity contribution in [2.45, 2.75) is 6.42 Å². The zero-order valence-corrected chi connectivity index (χ0v) is 17.5. The molecule has 0 spiro atoms. The van der Waals surface area contributed by atoms with E-state index in [0.717, 1.165) is 5.56 Å². The molecule has 2 aromatic carbocycles. The Morgan fingerprint density at radius 1 is 1.16 bits per heavy atom. The Morgan fingerprint density at radius 3 is 2.52 bits per heavy atom. The Kier molecular flexibility index (Phi) is 7.34. The smallest absolute Gasteiger partial charge is 0.270 e. The van der Waals surface area contributed by atoms with Crippen molar-refractivity contribution in [3.63, 3.8) is 0 Å². The van der Waals surface area contributed by atoms with Crippen molar-refractivity contribution < 1.29 is 9.66 Å². The molecule has 31 heavy (non-hydrogen) atoms. The summed E-state index contributed by atoms with van der Waals surface area (Å²) in [5.41, 5.74) is 8.41. The lowest BCUT2D eigenvalue weighted by Gasteiger charge is -2.10. The second-order valence-corrected chi connectivity index (χ2v) is 6.81. The van der Waals surface area contributed by atoms with E-state index < -0.39 is 4.92 Å². The van der Waals surface area contributed by atoms with Crippen molar-refractivity contribution in [3.8, 4) is 28.3 Å². The number of alkyl halides is 1. The molecule has 0 radical (unpaired) electrons. The SMILES string of the molecule is COc1ccc(-c2cc(-c3cccc([N+](=O)[O-])c3)nc(NC(N)=NCCCCl)n2)cc1. The van der Waals surface area contributed by atoms with Gasteiger partial charge in [0.1, 0.15) is 5.75 Å². The van der Waals surface area contributed by atoms with Crippen LogP contribution in [-0.4, -0.2) is 40.4 Å². The molecule has 0 unspecified atom stereocenters. The number of hydrogen-bond acceptors (Lipinski definition) is 6. The van der Waals surface area contributed by atoms with Crippen molar-refractivity contribution in [3.05, 3.63) is 64.7 Å². The summed E-state index contributed by atoms with van der Waals surface area (Å²) in [5, 5.41) is 14.1. The van der Waals surface area contributed by atoms with Gasteiger partial charge in [0.15, 0.2) is 5.96 Å². The zero-order valence-electron chi connectivity index (χ0n) is 16.8. The van der Waals surface area contributed by atoms with Crippen molar-refractivity contribution in [2.75, 3.05) is 24.9 Å². The minimum Gasteiger partial charge on any atom is -0.497 e. The van der Waals surface area contributed by atoms with Gasteiger partial charge in [-0.3, -0.25) is 20.4 Å². The van der Waals surface area contributed by atoms with Crippen molar-refractivity contribution in [1.29, 1.82) is 0 Å². The van der Waals surface area contributed by atoms with Crippen LogP contribution in [0.4, 0.5) is 11.6 Å². The highest BCUT2D eigenvalue weighted by Gasteiger charge is 2.13. The minimum absolute atomic E-state index is 0.0289. The van der Waals surface area contributed by atoms with Crippen LogP contribution in [-0.2, 0) is 0 Å². The van der Waals surface area contributed by atoms with Crippen LogP contribution in [0.25, 0.3) is 22.5 Å². The Bertz CT molecular complexity index is 1090. The van der Waals surface area contributed by atoms with Crippen LogP contribution in [0, 0.1) is 10.1 Å². The van der Waals surface area contributed by atoms with Gasteiger partial charge in [-0.2, -0.15) is 0 Å².